The molecule has 0 spiro atoms. The van der Waals surface area contributed by atoms with Crippen LogP contribution in [0.25, 0.3) is 0 Å². The first-order valence-corrected chi connectivity index (χ1v) is 7.42. The Hall–Kier alpha value is -1.98. The number of hydrogen-bond acceptors (Lipinski definition) is 4. The van der Waals surface area contributed by atoms with E-state index < -0.39 is 0 Å². The van der Waals surface area contributed by atoms with Crippen molar-refractivity contribution in [3.8, 4) is 0 Å². The quantitative estimate of drug-likeness (QED) is 0.816. The maximum Gasteiger partial charge on any atom is 0.272 e. The smallest absolute Gasteiger partial charge is 0.272 e. The topological polar surface area (TPSA) is 55.3 Å². The van der Waals surface area contributed by atoms with Crippen molar-refractivity contribution in [1.29, 1.82) is 0 Å². The van der Waals surface area contributed by atoms with E-state index in [1.54, 1.807) is 30.2 Å². The third-order valence-corrected chi connectivity index (χ3v) is 3.96. The number of fused-ring (bicyclic) bond motifs is 1. The Morgan fingerprint density at radius 2 is 2.27 bits per heavy atom. The van der Waals surface area contributed by atoms with Crippen molar-refractivity contribution in [2.75, 3.05) is 13.7 Å². The lowest BCUT2D eigenvalue weighted by Gasteiger charge is -2.29. The first-order valence-electron chi connectivity index (χ1n) is 7.04. The van der Waals surface area contributed by atoms with Gasteiger partial charge in [0, 0.05) is 32.6 Å². The summed E-state index contributed by atoms with van der Waals surface area (Å²) in [6.07, 6.45) is 4.44. The predicted molar refractivity (Wildman–Crippen MR) is 82.6 cm³/mol. The summed E-state index contributed by atoms with van der Waals surface area (Å²) in [5, 5.41) is 0.326. The summed E-state index contributed by atoms with van der Waals surface area (Å²) in [5.74, 6) is -0.106. The molecule has 2 aromatic heterocycles. The van der Waals surface area contributed by atoms with Gasteiger partial charge >= 0.3 is 0 Å². The molecule has 2 aromatic rings. The minimum atomic E-state index is -0.106. The van der Waals surface area contributed by atoms with Gasteiger partial charge in [-0.25, -0.2) is 4.98 Å². The fourth-order valence-corrected chi connectivity index (χ4v) is 2.87. The highest BCUT2D eigenvalue weighted by molar-refractivity contribution is 6.29. The number of carbonyl (C=O) groups excluding carboxylic acids is 1. The van der Waals surface area contributed by atoms with E-state index >= 15 is 0 Å². The molecule has 22 heavy (non-hydrogen) atoms. The molecule has 0 N–H and O–H groups in total. The van der Waals surface area contributed by atoms with Gasteiger partial charge in [-0.15, -0.1) is 0 Å². The molecule has 5 nitrogen and oxygen atoms in total. The monoisotopic (exact) mass is 317 g/mol. The van der Waals surface area contributed by atoms with Crippen molar-refractivity contribution < 1.29 is 9.53 Å². The molecule has 0 saturated heterocycles. The van der Waals surface area contributed by atoms with E-state index in [-0.39, 0.29) is 5.91 Å². The second-order valence-corrected chi connectivity index (χ2v) is 5.58. The molecule has 3 heterocycles. The Morgan fingerprint density at radius 3 is 3.05 bits per heavy atom. The molecule has 1 aliphatic rings. The number of nitrogens with zero attached hydrogens (tertiary/aromatic N) is 3. The molecule has 0 fully saturated rings. The molecule has 1 aliphatic heterocycles. The van der Waals surface area contributed by atoms with Crippen LogP contribution >= 0.6 is 11.6 Å². The molecule has 0 aliphatic carbocycles. The zero-order chi connectivity index (χ0) is 15.5. The summed E-state index contributed by atoms with van der Waals surface area (Å²) in [7, 11) is 1.67. The van der Waals surface area contributed by atoms with Gasteiger partial charge < -0.3 is 9.64 Å². The summed E-state index contributed by atoms with van der Waals surface area (Å²) >= 11 is 5.86. The van der Waals surface area contributed by atoms with Crippen LogP contribution in [0.4, 0.5) is 0 Å². The Bertz CT molecular complexity index is 706. The van der Waals surface area contributed by atoms with E-state index in [4.69, 9.17) is 16.3 Å². The molecule has 114 valence electrons. The molecular weight excluding hydrogens is 302 g/mol. The number of aromatic nitrogens is 2. The molecule has 0 radical (unpaired) electrons. The van der Waals surface area contributed by atoms with Crippen LogP contribution in [0.5, 0.6) is 0 Å². The van der Waals surface area contributed by atoms with Crippen LogP contribution in [0.15, 0.2) is 30.6 Å². The van der Waals surface area contributed by atoms with Gasteiger partial charge in [0.1, 0.15) is 10.8 Å². The molecule has 0 aromatic carbocycles. The van der Waals surface area contributed by atoms with Gasteiger partial charge in [-0.2, -0.15) is 0 Å². The van der Waals surface area contributed by atoms with Crippen molar-refractivity contribution in [2.24, 2.45) is 0 Å². The number of ether oxygens (including phenoxy) is 1. The van der Waals surface area contributed by atoms with Gasteiger partial charge in [0.15, 0.2) is 0 Å². The predicted octanol–water partition coefficient (Wildman–Crippen LogP) is 2.47. The van der Waals surface area contributed by atoms with Crippen LogP contribution in [0, 0.1) is 0 Å². The van der Waals surface area contributed by atoms with Gasteiger partial charge in [-0.1, -0.05) is 17.7 Å². The standard InChI is InChI=1S/C16H16ClN3O2/c1-22-10-12-8-18-7-11-9-20(6-5-13(11)12)16(21)14-3-2-4-15(17)19-14/h2-4,7-8H,5-6,9-10H2,1H3. The second-order valence-electron chi connectivity index (χ2n) is 5.19. The Balaban J connectivity index is 1.82. The van der Waals surface area contributed by atoms with E-state index in [1.807, 2.05) is 12.4 Å². The summed E-state index contributed by atoms with van der Waals surface area (Å²) in [6.45, 7) is 1.73. The van der Waals surface area contributed by atoms with Gasteiger partial charge in [0.05, 0.1) is 6.61 Å². The Kier molecular flexibility index (Phi) is 4.36. The van der Waals surface area contributed by atoms with Crippen molar-refractivity contribution in [3.05, 3.63) is 58.1 Å². The van der Waals surface area contributed by atoms with Gasteiger partial charge in [-0.05, 0) is 35.2 Å². The van der Waals surface area contributed by atoms with Crippen LogP contribution in [0.2, 0.25) is 5.15 Å². The molecule has 3 rings (SSSR count). The van der Waals surface area contributed by atoms with E-state index in [1.165, 1.54) is 5.56 Å². The lowest BCUT2D eigenvalue weighted by Crippen LogP contribution is -2.37. The largest absolute Gasteiger partial charge is 0.380 e. The lowest BCUT2D eigenvalue weighted by molar-refractivity contribution is 0.0727. The van der Waals surface area contributed by atoms with E-state index in [2.05, 4.69) is 9.97 Å². The first kappa shape index (κ1) is 14.9. The highest BCUT2D eigenvalue weighted by atomic mass is 35.5. The molecule has 0 saturated carbocycles. The number of methoxy groups -OCH3 is 1. The maximum absolute atomic E-state index is 12.5. The highest BCUT2D eigenvalue weighted by Crippen LogP contribution is 2.23. The molecule has 1 amide bonds. The molecule has 0 bridgehead atoms. The van der Waals surface area contributed by atoms with Crippen molar-refractivity contribution in [1.82, 2.24) is 14.9 Å². The third kappa shape index (κ3) is 2.96. The average molecular weight is 318 g/mol. The molecule has 6 heteroatoms. The fraction of sp³-hybridized carbons (Fsp3) is 0.312. The SMILES string of the molecule is COCc1cncc2c1CCN(C(=O)c1cccc(Cl)n1)C2. The minimum Gasteiger partial charge on any atom is -0.380 e. The Labute approximate surface area is 133 Å². The average Bonchev–Trinajstić information content (AvgIpc) is 2.54. The summed E-state index contributed by atoms with van der Waals surface area (Å²) in [5.41, 5.74) is 3.76. The van der Waals surface area contributed by atoms with Crippen LogP contribution in [0.1, 0.15) is 27.2 Å². The zero-order valence-corrected chi connectivity index (χ0v) is 13.0. The van der Waals surface area contributed by atoms with E-state index in [0.29, 0.717) is 30.5 Å². The Morgan fingerprint density at radius 1 is 1.41 bits per heavy atom. The fourth-order valence-electron chi connectivity index (χ4n) is 2.71. The van der Waals surface area contributed by atoms with E-state index in [0.717, 1.165) is 17.5 Å². The number of hydrogen-bond donors (Lipinski definition) is 0. The highest BCUT2D eigenvalue weighted by Gasteiger charge is 2.24. The van der Waals surface area contributed by atoms with Crippen molar-refractivity contribution in [3.63, 3.8) is 0 Å². The van der Waals surface area contributed by atoms with Crippen LogP contribution in [0.3, 0.4) is 0 Å². The lowest BCUT2D eigenvalue weighted by atomic mass is 9.97. The minimum absolute atomic E-state index is 0.106. The van der Waals surface area contributed by atoms with E-state index in [9.17, 15) is 4.79 Å². The first-order chi connectivity index (χ1) is 10.7. The number of rotatable bonds is 3. The molecule has 0 atom stereocenters. The normalized spacial score (nSPS) is 13.8. The van der Waals surface area contributed by atoms with Gasteiger partial charge in [0.25, 0.3) is 5.91 Å². The van der Waals surface area contributed by atoms with Crippen LogP contribution < -0.4 is 0 Å². The molecule has 0 unspecified atom stereocenters. The van der Waals surface area contributed by atoms with Gasteiger partial charge in [-0.3, -0.25) is 9.78 Å². The second kappa shape index (κ2) is 6.42. The van der Waals surface area contributed by atoms with Crippen LogP contribution in [-0.4, -0.2) is 34.4 Å². The number of halogens is 1. The third-order valence-electron chi connectivity index (χ3n) is 3.75. The number of pyridine rings is 2. The summed E-state index contributed by atoms with van der Waals surface area (Å²) in [4.78, 5) is 22.6. The van der Waals surface area contributed by atoms with Crippen molar-refractivity contribution in [2.45, 2.75) is 19.6 Å². The van der Waals surface area contributed by atoms with Crippen molar-refractivity contribution >= 4 is 17.5 Å². The van der Waals surface area contributed by atoms with Crippen LogP contribution in [-0.2, 0) is 24.3 Å². The molecular formula is C16H16ClN3O2. The van der Waals surface area contributed by atoms with Gasteiger partial charge in [0.2, 0.25) is 0 Å². The zero-order valence-electron chi connectivity index (χ0n) is 12.3. The number of amides is 1. The maximum atomic E-state index is 12.5. The summed E-state index contributed by atoms with van der Waals surface area (Å²) in [6, 6.07) is 5.08. The summed E-state index contributed by atoms with van der Waals surface area (Å²) < 4.78 is 5.21. The number of carbonyl (C=O) groups is 1.